The van der Waals surface area contributed by atoms with Crippen molar-refractivity contribution in [2.45, 2.75) is 33.7 Å². The highest BCUT2D eigenvalue weighted by Crippen LogP contribution is 2.68. The molecule has 0 aromatic heterocycles. The van der Waals surface area contributed by atoms with Gasteiger partial charge >= 0.3 is 0 Å². The van der Waals surface area contributed by atoms with Crippen molar-refractivity contribution in [3.8, 4) is 0 Å². The van der Waals surface area contributed by atoms with Crippen molar-refractivity contribution in [3.63, 3.8) is 0 Å². The van der Waals surface area contributed by atoms with Gasteiger partial charge < -0.3 is 10.4 Å². The summed E-state index contributed by atoms with van der Waals surface area (Å²) in [6.45, 7) is 8.40. The van der Waals surface area contributed by atoms with Gasteiger partial charge in [-0.2, -0.15) is 0 Å². The molecule has 1 saturated carbocycles. The van der Waals surface area contributed by atoms with Crippen molar-refractivity contribution < 1.29 is 9.90 Å². The summed E-state index contributed by atoms with van der Waals surface area (Å²) in [7, 11) is 0. The number of hydrogen-bond donors (Lipinski definition) is 2. The topological polar surface area (TPSA) is 49.3 Å². The van der Waals surface area contributed by atoms with E-state index in [1.165, 1.54) is 0 Å². The molecule has 0 bridgehead atoms. The highest BCUT2D eigenvalue weighted by Gasteiger charge is 2.68. The van der Waals surface area contributed by atoms with Gasteiger partial charge in [-0.3, -0.25) is 4.79 Å². The summed E-state index contributed by atoms with van der Waals surface area (Å²) in [5.41, 5.74) is 0.983. The molecule has 0 spiro atoms. The Bertz CT molecular complexity index is 451. The first-order valence-corrected chi connectivity index (χ1v) is 6.78. The second-order valence-electron chi connectivity index (χ2n) is 6.53. The Morgan fingerprint density at radius 3 is 2.16 bits per heavy atom. The lowest BCUT2D eigenvalue weighted by Gasteiger charge is -2.17. The molecule has 1 aliphatic rings. The van der Waals surface area contributed by atoms with Gasteiger partial charge in [-0.1, -0.05) is 58.0 Å². The highest BCUT2D eigenvalue weighted by molar-refractivity contribution is 5.84. The van der Waals surface area contributed by atoms with Crippen LogP contribution in [0.5, 0.6) is 0 Å². The van der Waals surface area contributed by atoms with E-state index < -0.39 is 0 Å². The second-order valence-corrected chi connectivity index (χ2v) is 6.53. The number of amides is 1. The second kappa shape index (κ2) is 4.64. The Morgan fingerprint density at radius 1 is 1.21 bits per heavy atom. The summed E-state index contributed by atoms with van der Waals surface area (Å²) in [4.78, 5) is 12.4. The Balaban J connectivity index is 2.07. The first kappa shape index (κ1) is 14.1. The van der Waals surface area contributed by atoms with Crippen LogP contribution in [-0.2, 0) is 4.79 Å². The third-order valence-electron chi connectivity index (χ3n) is 4.98. The standard InChI is InChI=1S/C16H23NO2/c1-15(2)13(16(15,3)4)14(19)17-12(10-18)11-8-6-5-7-9-11/h5-9,12-13,18H,10H2,1-4H3,(H,17,19)/t12-/m1/s1. The van der Waals surface area contributed by atoms with Crippen LogP contribution in [0.4, 0.5) is 0 Å². The molecule has 104 valence electrons. The quantitative estimate of drug-likeness (QED) is 0.875. The molecule has 1 fully saturated rings. The summed E-state index contributed by atoms with van der Waals surface area (Å²) < 4.78 is 0. The Hall–Kier alpha value is -1.35. The van der Waals surface area contributed by atoms with Crippen molar-refractivity contribution in [1.82, 2.24) is 5.32 Å². The first-order valence-electron chi connectivity index (χ1n) is 6.78. The minimum atomic E-state index is -0.319. The van der Waals surface area contributed by atoms with Crippen LogP contribution in [0.2, 0.25) is 0 Å². The van der Waals surface area contributed by atoms with Crippen LogP contribution in [0.15, 0.2) is 30.3 Å². The zero-order valence-electron chi connectivity index (χ0n) is 12.1. The highest BCUT2D eigenvalue weighted by atomic mass is 16.3. The van der Waals surface area contributed by atoms with Gasteiger partial charge in [0.15, 0.2) is 0 Å². The largest absolute Gasteiger partial charge is 0.394 e. The Morgan fingerprint density at radius 2 is 1.74 bits per heavy atom. The molecule has 2 N–H and O–H groups in total. The van der Waals surface area contributed by atoms with Crippen LogP contribution >= 0.6 is 0 Å². The zero-order valence-corrected chi connectivity index (χ0v) is 12.1. The van der Waals surface area contributed by atoms with Gasteiger partial charge in [0.25, 0.3) is 0 Å². The third kappa shape index (κ3) is 2.27. The molecule has 1 aromatic rings. The van der Waals surface area contributed by atoms with Gasteiger partial charge in [-0.25, -0.2) is 0 Å². The summed E-state index contributed by atoms with van der Waals surface area (Å²) in [6.07, 6.45) is 0. The zero-order chi connectivity index (χ0) is 14.3. The maximum absolute atomic E-state index is 12.4. The van der Waals surface area contributed by atoms with Crippen LogP contribution in [0.1, 0.15) is 39.3 Å². The fourth-order valence-electron chi connectivity index (χ4n) is 3.03. The van der Waals surface area contributed by atoms with Gasteiger partial charge in [-0.05, 0) is 16.4 Å². The molecule has 1 aliphatic carbocycles. The average molecular weight is 261 g/mol. The molecular weight excluding hydrogens is 238 g/mol. The number of carbonyl (C=O) groups is 1. The number of rotatable bonds is 4. The van der Waals surface area contributed by atoms with Gasteiger partial charge in [0.05, 0.1) is 12.6 Å². The average Bonchev–Trinajstić information content (AvgIpc) is 2.77. The van der Waals surface area contributed by atoms with Gasteiger partial charge in [0.2, 0.25) is 5.91 Å². The Labute approximate surface area is 115 Å². The molecule has 1 atom stereocenters. The molecule has 0 unspecified atom stereocenters. The summed E-state index contributed by atoms with van der Waals surface area (Å²) >= 11 is 0. The summed E-state index contributed by atoms with van der Waals surface area (Å²) in [6, 6.07) is 9.27. The van der Waals surface area contributed by atoms with Crippen LogP contribution in [0, 0.1) is 16.7 Å². The van der Waals surface area contributed by atoms with E-state index in [1.54, 1.807) is 0 Å². The predicted octanol–water partition coefficient (Wildman–Crippen LogP) is 2.52. The molecular formula is C16H23NO2. The van der Waals surface area contributed by atoms with Crippen LogP contribution < -0.4 is 5.32 Å². The van der Waals surface area contributed by atoms with Crippen LogP contribution in [-0.4, -0.2) is 17.6 Å². The number of aliphatic hydroxyl groups excluding tert-OH is 1. The molecule has 3 heteroatoms. The van der Waals surface area contributed by atoms with E-state index in [4.69, 9.17) is 0 Å². The van der Waals surface area contributed by atoms with E-state index in [2.05, 4.69) is 33.0 Å². The number of nitrogens with one attached hydrogen (secondary N) is 1. The van der Waals surface area contributed by atoms with Crippen molar-refractivity contribution in [1.29, 1.82) is 0 Å². The smallest absolute Gasteiger partial charge is 0.224 e. The molecule has 1 amide bonds. The number of benzene rings is 1. The van der Waals surface area contributed by atoms with E-state index in [9.17, 15) is 9.90 Å². The fraction of sp³-hybridized carbons (Fsp3) is 0.562. The number of hydrogen-bond acceptors (Lipinski definition) is 2. The minimum absolute atomic E-state index is 0.0118. The van der Waals surface area contributed by atoms with Crippen molar-refractivity contribution in [2.24, 2.45) is 16.7 Å². The van der Waals surface area contributed by atoms with E-state index >= 15 is 0 Å². The van der Waals surface area contributed by atoms with Crippen LogP contribution in [0.3, 0.4) is 0 Å². The maximum Gasteiger partial charge on any atom is 0.224 e. The van der Waals surface area contributed by atoms with E-state index in [-0.39, 0.29) is 35.3 Å². The summed E-state index contributed by atoms with van der Waals surface area (Å²) in [5.74, 6) is 0.0515. The maximum atomic E-state index is 12.4. The number of carbonyl (C=O) groups excluding carboxylic acids is 1. The molecule has 0 saturated heterocycles. The van der Waals surface area contributed by atoms with Crippen LogP contribution in [0.25, 0.3) is 0 Å². The molecule has 0 aliphatic heterocycles. The third-order valence-corrected chi connectivity index (χ3v) is 4.98. The SMILES string of the molecule is CC1(C)C(C(=O)N[C@H](CO)c2ccccc2)C1(C)C. The minimum Gasteiger partial charge on any atom is -0.394 e. The molecule has 2 rings (SSSR count). The Kier molecular flexibility index (Phi) is 3.43. The molecule has 0 radical (unpaired) electrons. The van der Waals surface area contributed by atoms with Gasteiger partial charge in [-0.15, -0.1) is 0 Å². The molecule has 1 aromatic carbocycles. The fourth-order valence-corrected chi connectivity index (χ4v) is 3.03. The molecule has 19 heavy (non-hydrogen) atoms. The lowest BCUT2D eigenvalue weighted by molar-refractivity contribution is -0.124. The lowest BCUT2D eigenvalue weighted by Crippen LogP contribution is -2.33. The first-order chi connectivity index (χ1) is 8.82. The number of aliphatic hydroxyl groups is 1. The molecule has 0 heterocycles. The summed E-state index contributed by atoms with van der Waals surface area (Å²) in [5, 5.41) is 12.4. The van der Waals surface area contributed by atoms with E-state index in [0.29, 0.717) is 0 Å². The van der Waals surface area contributed by atoms with E-state index in [0.717, 1.165) is 5.56 Å². The van der Waals surface area contributed by atoms with Crippen molar-refractivity contribution in [3.05, 3.63) is 35.9 Å². The van der Waals surface area contributed by atoms with E-state index in [1.807, 2.05) is 30.3 Å². The normalized spacial score (nSPS) is 21.7. The van der Waals surface area contributed by atoms with Gasteiger partial charge in [0, 0.05) is 5.92 Å². The predicted molar refractivity (Wildman–Crippen MR) is 75.5 cm³/mol. The van der Waals surface area contributed by atoms with Gasteiger partial charge in [0.1, 0.15) is 0 Å². The lowest BCUT2D eigenvalue weighted by atomic mass is 10.0. The monoisotopic (exact) mass is 261 g/mol. The van der Waals surface area contributed by atoms with Crippen molar-refractivity contribution >= 4 is 5.91 Å². The molecule has 3 nitrogen and oxygen atoms in total. The van der Waals surface area contributed by atoms with Crippen molar-refractivity contribution in [2.75, 3.05) is 6.61 Å².